The predicted molar refractivity (Wildman–Crippen MR) is 59.7 cm³/mol. The lowest BCUT2D eigenvalue weighted by Crippen LogP contribution is -2.35. The molecule has 0 bridgehead atoms. The standard InChI is InChI=1S/C10H17NO2S/c1-10(2,3)13-9(12)11-5-4-8(6-11)7-14/h4,14H,5-7H2,1-3H3. The average molecular weight is 215 g/mol. The van der Waals surface area contributed by atoms with Gasteiger partial charge < -0.3 is 9.64 Å². The third kappa shape index (κ3) is 3.25. The Labute approximate surface area is 90.5 Å². The molecule has 1 rings (SSSR count). The normalized spacial score (nSPS) is 16.9. The van der Waals surface area contributed by atoms with E-state index < -0.39 is 5.60 Å². The lowest BCUT2D eigenvalue weighted by Gasteiger charge is -2.24. The Morgan fingerprint density at radius 1 is 1.64 bits per heavy atom. The molecule has 0 aliphatic carbocycles. The molecule has 80 valence electrons. The van der Waals surface area contributed by atoms with Gasteiger partial charge in [-0.15, -0.1) is 0 Å². The Balaban J connectivity index is 2.42. The van der Waals surface area contributed by atoms with E-state index in [9.17, 15) is 4.79 Å². The van der Waals surface area contributed by atoms with Crippen molar-refractivity contribution in [3.8, 4) is 0 Å². The minimum atomic E-state index is -0.416. The first-order valence-electron chi connectivity index (χ1n) is 4.69. The van der Waals surface area contributed by atoms with Crippen molar-refractivity contribution in [1.82, 2.24) is 4.90 Å². The molecule has 0 radical (unpaired) electrons. The van der Waals surface area contributed by atoms with Crippen molar-refractivity contribution in [2.75, 3.05) is 18.8 Å². The zero-order valence-electron chi connectivity index (χ0n) is 8.91. The molecule has 0 aromatic heterocycles. The molecule has 0 fully saturated rings. The van der Waals surface area contributed by atoms with E-state index in [0.29, 0.717) is 18.8 Å². The van der Waals surface area contributed by atoms with Gasteiger partial charge in [-0.1, -0.05) is 6.08 Å². The molecule has 4 heteroatoms. The van der Waals surface area contributed by atoms with E-state index in [1.54, 1.807) is 4.90 Å². The van der Waals surface area contributed by atoms with Crippen LogP contribution in [0.1, 0.15) is 20.8 Å². The summed E-state index contributed by atoms with van der Waals surface area (Å²) in [6.45, 7) is 6.90. The molecule has 0 N–H and O–H groups in total. The zero-order valence-corrected chi connectivity index (χ0v) is 9.80. The quantitative estimate of drug-likeness (QED) is 0.536. The Hall–Kier alpha value is -0.640. The maximum Gasteiger partial charge on any atom is 0.410 e. The summed E-state index contributed by atoms with van der Waals surface area (Å²) in [6.07, 6.45) is 1.78. The molecular weight excluding hydrogens is 198 g/mol. The lowest BCUT2D eigenvalue weighted by molar-refractivity contribution is 0.0302. The van der Waals surface area contributed by atoms with Crippen molar-refractivity contribution in [1.29, 1.82) is 0 Å². The van der Waals surface area contributed by atoms with Crippen LogP contribution in [0.4, 0.5) is 4.79 Å². The van der Waals surface area contributed by atoms with E-state index in [-0.39, 0.29) is 6.09 Å². The number of hydrogen-bond acceptors (Lipinski definition) is 3. The first-order chi connectivity index (χ1) is 6.42. The summed E-state index contributed by atoms with van der Waals surface area (Å²) in [6, 6.07) is 0. The molecule has 0 aromatic carbocycles. The molecule has 1 aliphatic rings. The fraction of sp³-hybridized carbons (Fsp3) is 0.700. The fourth-order valence-corrected chi connectivity index (χ4v) is 1.42. The SMILES string of the molecule is CC(C)(C)OC(=O)N1CC=C(CS)C1. The van der Waals surface area contributed by atoms with Crippen molar-refractivity contribution in [3.63, 3.8) is 0 Å². The third-order valence-corrected chi connectivity index (χ3v) is 2.26. The maximum absolute atomic E-state index is 11.6. The summed E-state index contributed by atoms with van der Waals surface area (Å²) in [7, 11) is 0. The molecule has 0 saturated heterocycles. The van der Waals surface area contributed by atoms with E-state index in [1.165, 1.54) is 5.57 Å². The highest BCUT2D eigenvalue weighted by molar-refractivity contribution is 7.80. The number of ether oxygens (including phenoxy) is 1. The summed E-state index contributed by atoms with van der Waals surface area (Å²) in [5.41, 5.74) is 0.764. The molecule has 0 aromatic rings. The van der Waals surface area contributed by atoms with Gasteiger partial charge in [-0.2, -0.15) is 12.6 Å². The van der Waals surface area contributed by atoms with Gasteiger partial charge in [-0.05, 0) is 26.3 Å². The largest absolute Gasteiger partial charge is 0.444 e. The van der Waals surface area contributed by atoms with Crippen LogP contribution in [0, 0.1) is 0 Å². The van der Waals surface area contributed by atoms with E-state index in [4.69, 9.17) is 4.74 Å². The van der Waals surface area contributed by atoms with Gasteiger partial charge in [-0.25, -0.2) is 4.79 Å². The summed E-state index contributed by atoms with van der Waals surface area (Å²) in [5.74, 6) is 0.708. The van der Waals surface area contributed by atoms with E-state index in [0.717, 1.165) is 0 Å². The van der Waals surface area contributed by atoms with E-state index >= 15 is 0 Å². The van der Waals surface area contributed by atoms with E-state index in [2.05, 4.69) is 12.6 Å². The second-order valence-electron chi connectivity index (χ2n) is 4.38. The van der Waals surface area contributed by atoms with Gasteiger partial charge in [0.1, 0.15) is 5.60 Å². The molecule has 1 heterocycles. The summed E-state index contributed by atoms with van der Waals surface area (Å²) >= 11 is 4.16. The van der Waals surface area contributed by atoms with Gasteiger partial charge >= 0.3 is 6.09 Å². The molecule has 1 aliphatic heterocycles. The van der Waals surface area contributed by atoms with Gasteiger partial charge in [0.2, 0.25) is 0 Å². The third-order valence-electron chi connectivity index (χ3n) is 1.85. The minimum absolute atomic E-state index is 0.245. The second kappa shape index (κ2) is 4.26. The molecule has 0 atom stereocenters. The average Bonchev–Trinajstić information content (AvgIpc) is 2.48. The molecular formula is C10H17NO2S. The van der Waals surface area contributed by atoms with Crippen LogP contribution < -0.4 is 0 Å². The number of hydrogen-bond donors (Lipinski definition) is 1. The lowest BCUT2D eigenvalue weighted by atomic mass is 10.2. The van der Waals surface area contributed by atoms with Crippen LogP contribution in [0.2, 0.25) is 0 Å². The van der Waals surface area contributed by atoms with Gasteiger partial charge in [0.05, 0.1) is 0 Å². The van der Waals surface area contributed by atoms with Crippen molar-refractivity contribution in [2.24, 2.45) is 0 Å². The van der Waals surface area contributed by atoms with Crippen molar-refractivity contribution < 1.29 is 9.53 Å². The topological polar surface area (TPSA) is 29.5 Å². The van der Waals surface area contributed by atoms with Crippen LogP contribution in [0.25, 0.3) is 0 Å². The summed E-state index contributed by atoms with van der Waals surface area (Å²) in [4.78, 5) is 13.2. The summed E-state index contributed by atoms with van der Waals surface area (Å²) < 4.78 is 5.24. The van der Waals surface area contributed by atoms with Crippen LogP contribution in [0.5, 0.6) is 0 Å². The van der Waals surface area contributed by atoms with Crippen LogP contribution in [0.3, 0.4) is 0 Å². The molecule has 3 nitrogen and oxygen atoms in total. The first-order valence-corrected chi connectivity index (χ1v) is 5.32. The van der Waals surface area contributed by atoms with Crippen molar-refractivity contribution in [3.05, 3.63) is 11.6 Å². The second-order valence-corrected chi connectivity index (χ2v) is 4.70. The van der Waals surface area contributed by atoms with Crippen LogP contribution in [-0.2, 0) is 4.74 Å². The van der Waals surface area contributed by atoms with Gasteiger partial charge in [0, 0.05) is 18.8 Å². The monoisotopic (exact) mass is 215 g/mol. The smallest absolute Gasteiger partial charge is 0.410 e. The van der Waals surface area contributed by atoms with Crippen molar-refractivity contribution >= 4 is 18.7 Å². The van der Waals surface area contributed by atoms with Gasteiger partial charge in [0.15, 0.2) is 0 Å². The number of thiol groups is 1. The van der Waals surface area contributed by atoms with Gasteiger partial charge in [-0.3, -0.25) is 0 Å². The fourth-order valence-electron chi connectivity index (χ4n) is 1.19. The first kappa shape index (κ1) is 11.4. The Bertz CT molecular complexity index is 255. The molecule has 1 amide bonds. The van der Waals surface area contributed by atoms with Crippen molar-refractivity contribution in [2.45, 2.75) is 26.4 Å². The number of carbonyl (C=O) groups excluding carboxylic acids is 1. The Morgan fingerprint density at radius 3 is 2.71 bits per heavy atom. The highest BCUT2D eigenvalue weighted by atomic mass is 32.1. The maximum atomic E-state index is 11.6. The number of amides is 1. The zero-order chi connectivity index (χ0) is 10.8. The molecule has 0 spiro atoms. The molecule has 0 saturated carbocycles. The van der Waals surface area contributed by atoms with Gasteiger partial charge in [0.25, 0.3) is 0 Å². The minimum Gasteiger partial charge on any atom is -0.444 e. The number of rotatable bonds is 1. The highest BCUT2D eigenvalue weighted by Crippen LogP contribution is 2.15. The van der Waals surface area contributed by atoms with Crippen LogP contribution in [0.15, 0.2) is 11.6 Å². The highest BCUT2D eigenvalue weighted by Gasteiger charge is 2.24. The molecule has 14 heavy (non-hydrogen) atoms. The summed E-state index contributed by atoms with van der Waals surface area (Å²) in [5, 5.41) is 0. The Morgan fingerprint density at radius 2 is 2.29 bits per heavy atom. The number of nitrogens with zero attached hydrogens (tertiary/aromatic N) is 1. The molecule has 0 unspecified atom stereocenters. The Kier molecular flexibility index (Phi) is 3.48. The van der Waals surface area contributed by atoms with Crippen LogP contribution >= 0.6 is 12.6 Å². The van der Waals surface area contributed by atoms with Crippen LogP contribution in [-0.4, -0.2) is 35.4 Å². The van der Waals surface area contributed by atoms with E-state index in [1.807, 2.05) is 26.8 Å². The predicted octanol–water partition coefficient (Wildman–Crippen LogP) is 2.09. The number of carbonyl (C=O) groups is 1.